The summed E-state index contributed by atoms with van der Waals surface area (Å²) in [6.45, 7) is 1.70. The van der Waals surface area contributed by atoms with E-state index in [1.165, 1.54) is 17.8 Å². The summed E-state index contributed by atoms with van der Waals surface area (Å²) < 4.78 is 2.63. The Bertz CT molecular complexity index is 925. The number of anilines is 3. The lowest BCUT2D eigenvalue weighted by molar-refractivity contribution is 0.262. The van der Waals surface area contributed by atoms with E-state index in [1.807, 2.05) is 11.4 Å². The number of aromatic nitrogens is 4. The highest BCUT2D eigenvalue weighted by atomic mass is 79.9. The van der Waals surface area contributed by atoms with Crippen molar-refractivity contribution >= 4 is 49.7 Å². The van der Waals surface area contributed by atoms with Gasteiger partial charge in [0.15, 0.2) is 10.8 Å². The van der Waals surface area contributed by atoms with Crippen LogP contribution in [-0.2, 0) is 6.54 Å². The molecule has 1 unspecified atom stereocenters. The maximum Gasteiger partial charge on any atom is 0.180 e. The summed E-state index contributed by atoms with van der Waals surface area (Å²) in [5.74, 6) is 1.75. The Kier molecular flexibility index (Phi) is 5.46. The maximum atomic E-state index is 9.44. The van der Waals surface area contributed by atoms with E-state index >= 15 is 0 Å². The number of aliphatic hydroxyl groups is 1. The van der Waals surface area contributed by atoms with E-state index in [2.05, 4.69) is 36.2 Å². The third kappa shape index (κ3) is 3.87. The number of aliphatic hydroxyl groups excluding tert-OH is 1. The van der Waals surface area contributed by atoms with Crippen molar-refractivity contribution in [3.05, 3.63) is 27.8 Å². The molecule has 4 heterocycles. The Balaban J connectivity index is 1.67. The number of thiazole rings is 1. The van der Waals surface area contributed by atoms with E-state index in [4.69, 9.17) is 10.7 Å². The molecule has 1 aliphatic heterocycles. The average Bonchev–Trinajstić information content (AvgIpc) is 3.26. The molecule has 10 heteroatoms. The van der Waals surface area contributed by atoms with Gasteiger partial charge in [-0.15, -0.1) is 11.3 Å². The standard InChI is InChI=1S/C17H22BrN7OS/c18-13-9-21-25-14(20-8-11-10-27-17(19)22-11)7-15(23-16(13)25)24-5-2-1-3-12(24)4-6-26/h7,9-10,12,20,26H,1-6,8H2,(H2,19,22). The second-order valence-corrected chi connectivity index (χ2v) is 8.36. The van der Waals surface area contributed by atoms with E-state index in [0.29, 0.717) is 17.7 Å². The molecule has 3 aromatic heterocycles. The average molecular weight is 452 g/mol. The first-order valence-corrected chi connectivity index (χ1v) is 10.7. The lowest BCUT2D eigenvalue weighted by Gasteiger charge is -2.36. The Hall–Kier alpha value is -1.91. The Morgan fingerprint density at radius 2 is 2.26 bits per heavy atom. The van der Waals surface area contributed by atoms with E-state index in [9.17, 15) is 5.11 Å². The number of halogens is 1. The molecule has 1 saturated heterocycles. The Morgan fingerprint density at radius 1 is 1.37 bits per heavy atom. The molecule has 1 aliphatic rings. The molecule has 0 amide bonds. The summed E-state index contributed by atoms with van der Waals surface area (Å²) in [6, 6.07) is 2.34. The molecule has 0 aromatic carbocycles. The van der Waals surface area contributed by atoms with Gasteiger partial charge in [0.1, 0.15) is 11.6 Å². The van der Waals surface area contributed by atoms with Crippen LogP contribution in [0.25, 0.3) is 5.65 Å². The minimum absolute atomic E-state index is 0.191. The first kappa shape index (κ1) is 18.5. The van der Waals surface area contributed by atoms with Crippen LogP contribution >= 0.6 is 27.3 Å². The molecule has 3 aromatic rings. The zero-order chi connectivity index (χ0) is 18.8. The second kappa shape index (κ2) is 7.99. The smallest absolute Gasteiger partial charge is 0.180 e. The molecule has 1 fully saturated rings. The summed E-state index contributed by atoms with van der Waals surface area (Å²) in [5, 5.41) is 19.8. The van der Waals surface area contributed by atoms with Crippen LogP contribution in [0.1, 0.15) is 31.4 Å². The lowest BCUT2D eigenvalue weighted by atomic mass is 9.99. The highest BCUT2D eigenvalue weighted by Crippen LogP contribution is 2.30. The molecule has 0 spiro atoms. The number of rotatable bonds is 6. The number of fused-ring (bicyclic) bond motifs is 1. The molecule has 144 valence electrons. The molecule has 0 bridgehead atoms. The largest absolute Gasteiger partial charge is 0.396 e. The molecule has 27 heavy (non-hydrogen) atoms. The molecule has 0 radical (unpaired) electrons. The van der Waals surface area contributed by atoms with E-state index < -0.39 is 0 Å². The van der Waals surface area contributed by atoms with Crippen molar-refractivity contribution < 1.29 is 5.11 Å². The topological polar surface area (TPSA) is 105 Å². The van der Waals surface area contributed by atoms with Crippen molar-refractivity contribution in [1.82, 2.24) is 19.6 Å². The molecule has 0 aliphatic carbocycles. The molecular formula is C17H22BrN7OS. The number of nitrogen functional groups attached to an aromatic ring is 1. The normalized spacial score (nSPS) is 17.6. The Labute approximate surface area is 169 Å². The van der Waals surface area contributed by atoms with Gasteiger partial charge in [-0.25, -0.2) is 9.97 Å². The molecule has 4 N–H and O–H groups in total. The number of piperidine rings is 1. The van der Waals surface area contributed by atoms with Crippen molar-refractivity contribution in [2.75, 3.05) is 29.1 Å². The maximum absolute atomic E-state index is 9.44. The van der Waals surface area contributed by atoms with Gasteiger partial charge in [-0.1, -0.05) is 0 Å². The fourth-order valence-corrected chi connectivity index (χ4v) is 4.44. The van der Waals surface area contributed by atoms with Crippen LogP contribution in [0.15, 0.2) is 22.1 Å². The summed E-state index contributed by atoms with van der Waals surface area (Å²) in [7, 11) is 0. The van der Waals surface area contributed by atoms with Crippen LogP contribution in [-0.4, -0.2) is 43.9 Å². The van der Waals surface area contributed by atoms with Gasteiger partial charge in [-0.3, -0.25) is 0 Å². The number of hydrogen-bond acceptors (Lipinski definition) is 8. The molecule has 0 saturated carbocycles. The summed E-state index contributed by atoms with van der Waals surface area (Å²) >= 11 is 4.98. The first-order chi connectivity index (χ1) is 13.2. The van der Waals surface area contributed by atoms with Gasteiger partial charge < -0.3 is 21.1 Å². The number of nitrogens with zero attached hydrogens (tertiary/aromatic N) is 5. The zero-order valence-corrected chi connectivity index (χ0v) is 17.2. The zero-order valence-electron chi connectivity index (χ0n) is 14.8. The summed E-state index contributed by atoms with van der Waals surface area (Å²) in [6.07, 6.45) is 5.91. The lowest BCUT2D eigenvalue weighted by Crippen LogP contribution is -2.40. The first-order valence-electron chi connectivity index (χ1n) is 9.01. The van der Waals surface area contributed by atoms with E-state index in [1.54, 1.807) is 10.7 Å². The van der Waals surface area contributed by atoms with Gasteiger partial charge in [0.2, 0.25) is 0 Å². The minimum atomic E-state index is 0.191. The SMILES string of the molecule is Nc1nc(CNc2cc(N3CCCCC3CCO)nc3c(Br)cnn23)cs1. The van der Waals surface area contributed by atoms with E-state index in [-0.39, 0.29) is 6.61 Å². The summed E-state index contributed by atoms with van der Waals surface area (Å²) in [5.41, 5.74) is 7.39. The van der Waals surface area contributed by atoms with Crippen molar-refractivity contribution in [1.29, 1.82) is 0 Å². The highest BCUT2D eigenvalue weighted by molar-refractivity contribution is 9.10. The quantitative estimate of drug-likeness (QED) is 0.528. The van der Waals surface area contributed by atoms with Gasteiger partial charge >= 0.3 is 0 Å². The fraction of sp³-hybridized carbons (Fsp3) is 0.471. The highest BCUT2D eigenvalue weighted by Gasteiger charge is 2.24. The minimum Gasteiger partial charge on any atom is -0.396 e. The number of nitrogens with two attached hydrogens (primary N) is 1. The van der Waals surface area contributed by atoms with Crippen LogP contribution in [0.3, 0.4) is 0 Å². The molecule has 8 nitrogen and oxygen atoms in total. The number of hydrogen-bond donors (Lipinski definition) is 3. The van der Waals surface area contributed by atoms with Crippen molar-refractivity contribution in [2.45, 2.75) is 38.3 Å². The third-order valence-electron chi connectivity index (χ3n) is 4.82. The Morgan fingerprint density at radius 3 is 3.04 bits per heavy atom. The predicted octanol–water partition coefficient (Wildman–Crippen LogP) is 2.88. The van der Waals surface area contributed by atoms with Crippen molar-refractivity contribution in [3.63, 3.8) is 0 Å². The van der Waals surface area contributed by atoms with Crippen molar-refractivity contribution in [2.24, 2.45) is 0 Å². The van der Waals surface area contributed by atoms with Crippen LogP contribution in [0.5, 0.6) is 0 Å². The molecule has 4 rings (SSSR count). The van der Waals surface area contributed by atoms with Gasteiger partial charge in [-0.2, -0.15) is 9.61 Å². The van der Waals surface area contributed by atoms with Crippen LogP contribution < -0.4 is 16.0 Å². The van der Waals surface area contributed by atoms with Crippen molar-refractivity contribution in [3.8, 4) is 0 Å². The molecular weight excluding hydrogens is 430 g/mol. The van der Waals surface area contributed by atoms with Gasteiger partial charge in [0.05, 0.1) is 22.9 Å². The van der Waals surface area contributed by atoms with Crippen LogP contribution in [0, 0.1) is 0 Å². The third-order valence-corrected chi connectivity index (χ3v) is 6.10. The number of nitrogens with one attached hydrogen (secondary N) is 1. The summed E-state index contributed by atoms with van der Waals surface area (Å²) in [4.78, 5) is 11.4. The van der Waals surface area contributed by atoms with Gasteiger partial charge in [0.25, 0.3) is 0 Å². The van der Waals surface area contributed by atoms with Gasteiger partial charge in [-0.05, 0) is 41.6 Å². The van der Waals surface area contributed by atoms with Crippen LogP contribution in [0.4, 0.5) is 16.8 Å². The van der Waals surface area contributed by atoms with Gasteiger partial charge in [0, 0.05) is 30.6 Å². The van der Waals surface area contributed by atoms with E-state index in [0.717, 1.165) is 53.3 Å². The monoisotopic (exact) mass is 451 g/mol. The second-order valence-electron chi connectivity index (χ2n) is 6.61. The van der Waals surface area contributed by atoms with Crippen LogP contribution in [0.2, 0.25) is 0 Å². The fourth-order valence-electron chi connectivity index (χ4n) is 3.53. The molecule has 1 atom stereocenters. The predicted molar refractivity (Wildman–Crippen MR) is 111 cm³/mol.